The van der Waals surface area contributed by atoms with Crippen molar-refractivity contribution in [3.05, 3.63) is 35.4 Å². The summed E-state index contributed by atoms with van der Waals surface area (Å²) in [4.78, 5) is 0. The molecule has 0 saturated heterocycles. The summed E-state index contributed by atoms with van der Waals surface area (Å²) >= 11 is 0. The molecule has 2 unspecified atom stereocenters. The van der Waals surface area contributed by atoms with Crippen LogP contribution in [0, 0.1) is 6.92 Å². The van der Waals surface area contributed by atoms with Gasteiger partial charge in [-0.1, -0.05) is 45.0 Å². The Balaban J connectivity index is 2.79. The Kier molecular flexibility index (Phi) is 6.37. The van der Waals surface area contributed by atoms with Crippen molar-refractivity contribution in [2.45, 2.75) is 59.3 Å². The minimum atomic E-state index is 0.142. The zero-order valence-corrected chi connectivity index (χ0v) is 12.4. The van der Waals surface area contributed by atoms with Crippen LogP contribution in [0.15, 0.2) is 24.3 Å². The van der Waals surface area contributed by atoms with Gasteiger partial charge in [-0.25, -0.2) is 0 Å². The van der Waals surface area contributed by atoms with E-state index in [-0.39, 0.29) is 6.10 Å². The van der Waals surface area contributed by atoms with Gasteiger partial charge in [0.05, 0.1) is 12.2 Å². The Morgan fingerprint density at radius 3 is 2.39 bits per heavy atom. The minimum absolute atomic E-state index is 0.142. The number of aryl methyl sites for hydroxylation is 1. The second kappa shape index (κ2) is 7.55. The number of benzene rings is 1. The lowest BCUT2D eigenvalue weighted by Crippen LogP contribution is -2.30. The van der Waals surface area contributed by atoms with Crippen LogP contribution in [0.25, 0.3) is 0 Å². The second-order valence-corrected chi connectivity index (χ2v) is 5.26. The molecule has 0 saturated carbocycles. The molecule has 1 aromatic carbocycles. The molecule has 1 rings (SSSR count). The van der Waals surface area contributed by atoms with Crippen molar-refractivity contribution in [3.63, 3.8) is 0 Å². The Hall–Kier alpha value is -0.860. The maximum Gasteiger partial charge on any atom is 0.0955 e. The van der Waals surface area contributed by atoms with Crippen LogP contribution in [-0.4, -0.2) is 18.7 Å². The van der Waals surface area contributed by atoms with Gasteiger partial charge in [-0.05, 0) is 31.4 Å². The fraction of sp³-hybridized carbons (Fsp3) is 0.625. The van der Waals surface area contributed by atoms with Gasteiger partial charge in [0.15, 0.2) is 0 Å². The van der Waals surface area contributed by atoms with Gasteiger partial charge in [-0.2, -0.15) is 0 Å². The van der Waals surface area contributed by atoms with Crippen molar-refractivity contribution in [1.29, 1.82) is 0 Å². The van der Waals surface area contributed by atoms with Crippen LogP contribution in [0.3, 0.4) is 0 Å². The summed E-state index contributed by atoms with van der Waals surface area (Å²) < 4.78 is 6.15. The van der Waals surface area contributed by atoms with E-state index in [9.17, 15) is 0 Å². The van der Waals surface area contributed by atoms with Crippen LogP contribution in [0.2, 0.25) is 0 Å². The Morgan fingerprint density at radius 2 is 1.83 bits per heavy atom. The van der Waals surface area contributed by atoms with Crippen molar-refractivity contribution in [3.8, 4) is 0 Å². The van der Waals surface area contributed by atoms with E-state index in [1.165, 1.54) is 11.1 Å². The molecule has 0 aliphatic carbocycles. The van der Waals surface area contributed by atoms with Crippen molar-refractivity contribution < 1.29 is 4.74 Å². The zero-order chi connectivity index (χ0) is 13.5. The summed E-state index contributed by atoms with van der Waals surface area (Å²) in [6.07, 6.45) is 1.48. The first kappa shape index (κ1) is 15.2. The van der Waals surface area contributed by atoms with E-state index in [0.717, 1.165) is 13.0 Å². The fourth-order valence-electron chi connectivity index (χ4n) is 1.90. The van der Waals surface area contributed by atoms with E-state index >= 15 is 0 Å². The third kappa shape index (κ3) is 4.79. The molecule has 0 radical (unpaired) electrons. The highest BCUT2D eigenvalue weighted by molar-refractivity contribution is 5.28. The van der Waals surface area contributed by atoms with Gasteiger partial charge in [-0.3, -0.25) is 0 Å². The lowest BCUT2D eigenvalue weighted by Gasteiger charge is -2.25. The summed E-state index contributed by atoms with van der Waals surface area (Å²) in [5, 5.41) is 3.48. The van der Waals surface area contributed by atoms with Crippen LogP contribution in [0.4, 0.5) is 0 Å². The molecule has 1 N–H and O–H groups in total. The molecule has 2 heteroatoms. The van der Waals surface area contributed by atoms with Gasteiger partial charge in [0.1, 0.15) is 0 Å². The average Bonchev–Trinajstić information content (AvgIpc) is 2.34. The monoisotopic (exact) mass is 249 g/mol. The summed E-state index contributed by atoms with van der Waals surface area (Å²) in [6, 6.07) is 8.97. The highest BCUT2D eigenvalue weighted by atomic mass is 16.5. The predicted octanol–water partition coefficient (Wildman–Crippen LogP) is 3.85. The van der Waals surface area contributed by atoms with Gasteiger partial charge in [-0.15, -0.1) is 0 Å². The van der Waals surface area contributed by atoms with Crippen LogP contribution in [0.5, 0.6) is 0 Å². The highest BCUT2D eigenvalue weighted by Gasteiger charge is 2.16. The largest absolute Gasteiger partial charge is 0.369 e. The Morgan fingerprint density at radius 1 is 1.17 bits per heavy atom. The van der Waals surface area contributed by atoms with Crippen LogP contribution in [0.1, 0.15) is 51.3 Å². The lowest BCUT2D eigenvalue weighted by molar-refractivity contribution is -0.00568. The molecule has 2 atom stereocenters. The SMILES string of the molecule is CCC(C)OC(CNC(C)C)c1ccccc1C. The van der Waals surface area contributed by atoms with Gasteiger partial charge < -0.3 is 10.1 Å². The molecule has 102 valence electrons. The van der Waals surface area contributed by atoms with Gasteiger partial charge in [0, 0.05) is 12.6 Å². The molecule has 1 aromatic rings. The fourth-order valence-corrected chi connectivity index (χ4v) is 1.90. The van der Waals surface area contributed by atoms with Crippen LogP contribution < -0.4 is 5.32 Å². The van der Waals surface area contributed by atoms with E-state index in [1.807, 2.05) is 0 Å². The minimum Gasteiger partial charge on any atom is -0.369 e. The number of hydrogen-bond acceptors (Lipinski definition) is 2. The molecule has 0 bridgehead atoms. The van der Waals surface area contributed by atoms with Crippen molar-refractivity contribution in [2.24, 2.45) is 0 Å². The summed E-state index contributed by atoms with van der Waals surface area (Å²) in [7, 11) is 0. The zero-order valence-electron chi connectivity index (χ0n) is 12.4. The number of ether oxygens (including phenoxy) is 1. The average molecular weight is 249 g/mol. The third-order valence-electron chi connectivity index (χ3n) is 3.22. The first-order valence-electron chi connectivity index (χ1n) is 6.99. The maximum atomic E-state index is 6.15. The molecular weight excluding hydrogens is 222 g/mol. The van der Waals surface area contributed by atoms with Gasteiger partial charge >= 0.3 is 0 Å². The number of rotatable bonds is 7. The van der Waals surface area contributed by atoms with Crippen LogP contribution >= 0.6 is 0 Å². The van der Waals surface area contributed by atoms with Gasteiger partial charge in [0.25, 0.3) is 0 Å². The summed E-state index contributed by atoms with van der Waals surface area (Å²) in [6.45, 7) is 11.6. The van der Waals surface area contributed by atoms with E-state index in [2.05, 4.69) is 64.2 Å². The number of hydrogen-bond donors (Lipinski definition) is 1. The topological polar surface area (TPSA) is 21.3 Å². The standard InChI is InChI=1S/C16H27NO/c1-6-14(5)18-16(11-17-12(2)3)15-10-8-7-9-13(15)4/h7-10,12,14,16-17H,6,11H2,1-5H3. The molecule has 18 heavy (non-hydrogen) atoms. The van der Waals surface area contributed by atoms with Gasteiger partial charge in [0.2, 0.25) is 0 Å². The molecule has 0 aliphatic rings. The second-order valence-electron chi connectivity index (χ2n) is 5.26. The first-order valence-corrected chi connectivity index (χ1v) is 6.99. The quantitative estimate of drug-likeness (QED) is 0.792. The smallest absolute Gasteiger partial charge is 0.0955 e. The van der Waals surface area contributed by atoms with E-state index in [1.54, 1.807) is 0 Å². The summed E-state index contributed by atoms with van der Waals surface area (Å²) in [5.41, 5.74) is 2.60. The lowest BCUT2D eigenvalue weighted by atomic mass is 10.0. The highest BCUT2D eigenvalue weighted by Crippen LogP contribution is 2.22. The third-order valence-corrected chi connectivity index (χ3v) is 3.22. The molecule has 0 heterocycles. The molecule has 0 amide bonds. The van der Waals surface area contributed by atoms with E-state index in [4.69, 9.17) is 4.74 Å². The van der Waals surface area contributed by atoms with E-state index in [0.29, 0.717) is 12.1 Å². The molecule has 0 aliphatic heterocycles. The molecule has 0 aromatic heterocycles. The van der Waals surface area contributed by atoms with Crippen LogP contribution in [-0.2, 0) is 4.74 Å². The maximum absolute atomic E-state index is 6.15. The predicted molar refractivity (Wildman–Crippen MR) is 77.9 cm³/mol. The normalized spacial score (nSPS) is 14.8. The molecule has 0 spiro atoms. The first-order chi connectivity index (χ1) is 8.54. The van der Waals surface area contributed by atoms with Crippen molar-refractivity contribution >= 4 is 0 Å². The molecule has 0 fully saturated rings. The Bertz CT molecular complexity index is 349. The molecular formula is C16H27NO. The number of nitrogens with one attached hydrogen (secondary N) is 1. The molecule has 2 nitrogen and oxygen atoms in total. The Labute approximate surface area is 112 Å². The summed E-state index contributed by atoms with van der Waals surface area (Å²) in [5.74, 6) is 0. The van der Waals surface area contributed by atoms with Crippen molar-refractivity contribution in [1.82, 2.24) is 5.32 Å². The van der Waals surface area contributed by atoms with E-state index < -0.39 is 0 Å². The van der Waals surface area contributed by atoms with Crippen molar-refractivity contribution in [2.75, 3.05) is 6.54 Å².